The molecule has 16 heavy (non-hydrogen) atoms. The molecule has 84 valence electrons. The van der Waals surface area contributed by atoms with Gasteiger partial charge in [0.15, 0.2) is 5.65 Å². The fourth-order valence-electron chi connectivity index (χ4n) is 2.33. The van der Waals surface area contributed by atoms with Crippen LogP contribution in [0.25, 0.3) is 5.65 Å². The lowest BCUT2D eigenvalue weighted by atomic mass is 10.1. The molecule has 2 aromatic rings. The van der Waals surface area contributed by atoms with Gasteiger partial charge in [-0.25, -0.2) is 0 Å². The van der Waals surface area contributed by atoms with Crippen LogP contribution in [-0.2, 0) is 0 Å². The zero-order chi connectivity index (χ0) is 11.1. The summed E-state index contributed by atoms with van der Waals surface area (Å²) in [6, 6.07) is 5.71. The first-order chi connectivity index (χ1) is 7.75. The summed E-state index contributed by atoms with van der Waals surface area (Å²) in [7, 11) is 2.13. The molecule has 0 radical (unpaired) electrons. The van der Waals surface area contributed by atoms with Gasteiger partial charge in [0.05, 0.1) is 0 Å². The van der Waals surface area contributed by atoms with E-state index < -0.39 is 0 Å². The van der Waals surface area contributed by atoms with Gasteiger partial charge in [0.1, 0.15) is 11.0 Å². The average Bonchev–Trinajstić information content (AvgIpc) is 2.84. The molecule has 3 heterocycles. The van der Waals surface area contributed by atoms with Crippen LogP contribution in [-0.4, -0.2) is 39.6 Å². The van der Waals surface area contributed by atoms with Crippen molar-refractivity contribution >= 4 is 17.2 Å². The molecule has 2 aromatic heterocycles. The van der Waals surface area contributed by atoms with Crippen molar-refractivity contribution in [1.82, 2.24) is 19.5 Å². The van der Waals surface area contributed by atoms with Crippen LogP contribution in [0.15, 0.2) is 18.2 Å². The normalized spacial score (nSPS) is 22.0. The Morgan fingerprint density at radius 3 is 3.00 bits per heavy atom. The summed E-state index contributed by atoms with van der Waals surface area (Å²) < 4.78 is 1.95. The molecule has 0 saturated carbocycles. The van der Waals surface area contributed by atoms with Crippen molar-refractivity contribution in [1.29, 1.82) is 0 Å². The van der Waals surface area contributed by atoms with Crippen molar-refractivity contribution in [2.45, 2.75) is 12.3 Å². The van der Waals surface area contributed by atoms with Gasteiger partial charge in [-0.05, 0) is 32.1 Å². The van der Waals surface area contributed by atoms with Crippen LogP contribution in [0.5, 0.6) is 0 Å². The highest BCUT2D eigenvalue weighted by molar-refractivity contribution is 6.29. The number of likely N-dealkylation sites (tertiary alicyclic amines) is 1. The highest BCUT2D eigenvalue weighted by atomic mass is 35.5. The molecule has 1 unspecified atom stereocenters. The minimum Gasteiger partial charge on any atom is -0.306 e. The van der Waals surface area contributed by atoms with Crippen molar-refractivity contribution in [3.8, 4) is 0 Å². The Kier molecular flexibility index (Phi) is 2.33. The summed E-state index contributed by atoms with van der Waals surface area (Å²) in [5, 5.41) is 9.12. The predicted octanol–water partition coefficient (Wildman–Crippen LogP) is 1.80. The van der Waals surface area contributed by atoms with E-state index in [-0.39, 0.29) is 0 Å². The minimum atomic E-state index is 0.444. The second-order valence-corrected chi connectivity index (χ2v) is 4.74. The molecular weight excluding hydrogens is 224 g/mol. The number of pyridine rings is 1. The van der Waals surface area contributed by atoms with Gasteiger partial charge in [0, 0.05) is 12.5 Å². The van der Waals surface area contributed by atoms with Gasteiger partial charge in [-0.1, -0.05) is 17.7 Å². The third-order valence-electron chi connectivity index (χ3n) is 3.16. The number of likely N-dealkylation sites (N-methyl/N-ethyl adjacent to an activating group) is 1. The van der Waals surface area contributed by atoms with E-state index in [0.717, 1.165) is 31.0 Å². The van der Waals surface area contributed by atoms with E-state index in [1.165, 1.54) is 0 Å². The molecule has 4 nitrogen and oxygen atoms in total. The lowest BCUT2D eigenvalue weighted by Gasteiger charge is -2.09. The highest BCUT2D eigenvalue weighted by Gasteiger charge is 2.25. The molecule has 0 amide bonds. The van der Waals surface area contributed by atoms with Gasteiger partial charge >= 0.3 is 0 Å². The van der Waals surface area contributed by atoms with Gasteiger partial charge < -0.3 is 4.90 Å². The van der Waals surface area contributed by atoms with Gasteiger partial charge in [-0.3, -0.25) is 4.40 Å². The van der Waals surface area contributed by atoms with Crippen LogP contribution in [0.1, 0.15) is 18.2 Å². The van der Waals surface area contributed by atoms with E-state index in [0.29, 0.717) is 11.1 Å². The molecule has 0 aromatic carbocycles. The highest BCUT2D eigenvalue weighted by Crippen LogP contribution is 2.26. The van der Waals surface area contributed by atoms with E-state index in [1.54, 1.807) is 0 Å². The summed E-state index contributed by atoms with van der Waals surface area (Å²) >= 11 is 6.19. The molecule has 1 aliphatic heterocycles. The van der Waals surface area contributed by atoms with Crippen LogP contribution in [0, 0.1) is 0 Å². The Morgan fingerprint density at radius 2 is 2.25 bits per heavy atom. The summed E-state index contributed by atoms with van der Waals surface area (Å²) in [6.07, 6.45) is 1.13. The number of hydrogen-bond acceptors (Lipinski definition) is 3. The lowest BCUT2D eigenvalue weighted by Crippen LogP contribution is -2.14. The van der Waals surface area contributed by atoms with E-state index in [2.05, 4.69) is 22.1 Å². The third-order valence-corrected chi connectivity index (χ3v) is 3.46. The van der Waals surface area contributed by atoms with Crippen molar-refractivity contribution in [3.05, 3.63) is 29.2 Å². The smallest absolute Gasteiger partial charge is 0.161 e. The van der Waals surface area contributed by atoms with E-state index in [9.17, 15) is 0 Å². The molecule has 1 atom stereocenters. The zero-order valence-corrected chi connectivity index (χ0v) is 9.85. The zero-order valence-electron chi connectivity index (χ0n) is 9.10. The van der Waals surface area contributed by atoms with Gasteiger partial charge in [-0.15, -0.1) is 10.2 Å². The molecule has 0 bridgehead atoms. The molecule has 1 aliphatic rings. The molecule has 3 rings (SSSR count). The average molecular weight is 237 g/mol. The topological polar surface area (TPSA) is 33.4 Å². The maximum Gasteiger partial charge on any atom is 0.161 e. The second-order valence-electron chi connectivity index (χ2n) is 4.35. The fraction of sp³-hybridized carbons (Fsp3) is 0.455. The summed E-state index contributed by atoms with van der Waals surface area (Å²) in [5.41, 5.74) is 0.831. The van der Waals surface area contributed by atoms with Crippen molar-refractivity contribution < 1.29 is 0 Å². The first-order valence-corrected chi connectivity index (χ1v) is 5.81. The Hall–Kier alpha value is -1.13. The number of rotatable bonds is 1. The Balaban J connectivity index is 2.10. The largest absolute Gasteiger partial charge is 0.306 e. The minimum absolute atomic E-state index is 0.444. The fourth-order valence-corrected chi connectivity index (χ4v) is 2.58. The molecule has 1 fully saturated rings. The Morgan fingerprint density at radius 1 is 1.38 bits per heavy atom. The summed E-state index contributed by atoms with van der Waals surface area (Å²) in [5.74, 6) is 1.44. The van der Waals surface area contributed by atoms with Crippen molar-refractivity contribution in [2.75, 3.05) is 20.1 Å². The molecule has 0 N–H and O–H groups in total. The van der Waals surface area contributed by atoms with Gasteiger partial charge in [-0.2, -0.15) is 0 Å². The van der Waals surface area contributed by atoms with E-state index in [4.69, 9.17) is 11.6 Å². The maximum absolute atomic E-state index is 6.19. The first kappa shape index (κ1) is 10.1. The molecule has 5 heteroatoms. The summed E-state index contributed by atoms with van der Waals surface area (Å²) in [4.78, 5) is 2.31. The first-order valence-electron chi connectivity index (χ1n) is 5.44. The van der Waals surface area contributed by atoms with Crippen molar-refractivity contribution in [3.63, 3.8) is 0 Å². The van der Waals surface area contributed by atoms with Crippen LogP contribution in [0.4, 0.5) is 0 Å². The Bertz CT molecular complexity index is 522. The van der Waals surface area contributed by atoms with Gasteiger partial charge in [0.2, 0.25) is 0 Å². The molecular formula is C11H13ClN4. The standard InChI is InChI=1S/C11H13ClN4/c1-15-6-5-8(7-15)11-14-13-10-4-2-3-9(12)16(10)11/h2-4,8H,5-7H2,1H3. The lowest BCUT2D eigenvalue weighted by molar-refractivity contribution is 0.409. The number of halogens is 1. The third kappa shape index (κ3) is 1.49. The number of hydrogen-bond donors (Lipinski definition) is 0. The maximum atomic E-state index is 6.19. The number of aromatic nitrogens is 3. The SMILES string of the molecule is CN1CCC(c2nnc3cccc(Cl)n23)C1. The van der Waals surface area contributed by atoms with Crippen molar-refractivity contribution in [2.24, 2.45) is 0 Å². The quantitative estimate of drug-likeness (QED) is 0.708. The van der Waals surface area contributed by atoms with Gasteiger partial charge in [0.25, 0.3) is 0 Å². The predicted molar refractivity (Wildman–Crippen MR) is 62.9 cm³/mol. The number of nitrogens with zero attached hydrogens (tertiary/aromatic N) is 4. The van der Waals surface area contributed by atoms with E-state index >= 15 is 0 Å². The monoisotopic (exact) mass is 236 g/mol. The van der Waals surface area contributed by atoms with E-state index in [1.807, 2.05) is 22.6 Å². The Labute approximate surface area is 98.8 Å². The summed E-state index contributed by atoms with van der Waals surface area (Å²) in [6.45, 7) is 2.15. The number of fused-ring (bicyclic) bond motifs is 1. The van der Waals surface area contributed by atoms with Crippen LogP contribution >= 0.6 is 11.6 Å². The van der Waals surface area contributed by atoms with Crippen LogP contribution in [0.2, 0.25) is 5.15 Å². The second kappa shape index (κ2) is 3.71. The van der Waals surface area contributed by atoms with Crippen LogP contribution < -0.4 is 0 Å². The van der Waals surface area contributed by atoms with Crippen LogP contribution in [0.3, 0.4) is 0 Å². The molecule has 0 spiro atoms. The molecule has 1 saturated heterocycles. The molecule has 0 aliphatic carbocycles.